The van der Waals surface area contributed by atoms with Gasteiger partial charge in [0.25, 0.3) is 0 Å². The smallest absolute Gasteiger partial charge is 0.406 e. The van der Waals surface area contributed by atoms with Gasteiger partial charge in [-0.25, -0.2) is 0 Å². The topological polar surface area (TPSA) is 12.5 Å². The van der Waals surface area contributed by atoms with Crippen LogP contribution >= 0.6 is 0 Å². The molecule has 5 heteroatoms. The van der Waals surface area contributed by atoms with Crippen molar-refractivity contribution in [3.8, 4) is 5.75 Å². The monoisotopic (exact) mass is 245 g/mol. The number of ether oxygens (including phenoxy) is 1. The van der Waals surface area contributed by atoms with Gasteiger partial charge >= 0.3 is 6.36 Å². The van der Waals surface area contributed by atoms with Crippen molar-refractivity contribution < 1.29 is 17.9 Å². The van der Waals surface area contributed by atoms with Crippen LogP contribution in [0.2, 0.25) is 0 Å². The van der Waals surface area contributed by atoms with Crippen molar-refractivity contribution in [1.82, 2.24) is 0 Å². The lowest BCUT2D eigenvalue weighted by molar-refractivity contribution is -0.274. The Morgan fingerprint density at radius 1 is 1.24 bits per heavy atom. The number of allylic oxidation sites excluding steroid dienone is 1. The minimum absolute atomic E-state index is 0.208. The molecule has 1 rings (SSSR count). The Balaban J connectivity index is 2.67. The zero-order chi connectivity index (χ0) is 12.9. The van der Waals surface area contributed by atoms with Gasteiger partial charge in [-0.05, 0) is 31.2 Å². The molecular weight excluding hydrogens is 231 g/mol. The molecule has 0 aliphatic rings. The van der Waals surface area contributed by atoms with Gasteiger partial charge in [0.1, 0.15) is 5.75 Å². The normalized spacial score (nSPS) is 11.8. The van der Waals surface area contributed by atoms with Crippen LogP contribution in [0.25, 0.3) is 0 Å². The van der Waals surface area contributed by atoms with Crippen LogP contribution in [-0.2, 0) is 0 Å². The van der Waals surface area contributed by atoms with Gasteiger partial charge in [0.15, 0.2) is 0 Å². The van der Waals surface area contributed by atoms with Crippen LogP contribution in [0.3, 0.4) is 0 Å². The second-order valence-electron chi connectivity index (χ2n) is 3.49. The van der Waals surface area contributed by atoms with E-state index in [0.29, 0.717) is 6.54 Å². The van der Waals surface area contributed by atoms with Crippen molar-refractivity contribution >= 4 is 5.69 Å². The average molecular weight is 245 g/mol. The molecule has 0 heterocycles. The highest BCUT2D eigenvalue weighted by atomic mass is 19.4. The van der Waals surface area contributed by atoms with Crippen LogP contribution in [0, 0.1) is 0 Å². The van der Waals surface area contributed by atoms with E-state index in [9.17, 15) is 13.2 Å². The molecule has 0 bridgehead atoms. The molecule has 94 valence electrons. The van der Waals surface area contributed by atoms with Crippen molar-refractivity contribution in [1.29, 1.82) is 0 Å². The van der Waals surface area contributed by atoms with Gasteiger partial charge < -0.3 is 9.64 Å². The summed E-state index contributed by atoms with van der Waals surface area (Å²) in [4.78, 5) is 1.91. The minimum Gasteiger partial charge on any atom is -0.406 e. The number of likely N-dealkylation sites (N-methyl/N-ethyl adjacent to an activating group) is 1. The van der Waals surface area contributed by atoms with Crippen molar-refractivity contribution in [2.75, 3.05) is 18.5 Å². The molecule has 0 atom stereocenters. The number of rotatable bonds is 4. The summed E-state index contributed by atoms with van der Waals surface area (Å²) in [6.07, 6.45) is -0.768. The predicted octanol–water partition coefficient (Wildman–Crippen LogP) is 3.60. The number of hydrogen-bond donors (Lipinski definition) is 0. The summed E-state index contributed by atoms with van der Waals surface area (Å²) in [5.74, 6) is -0.208. The van der Waals surface area contributed by atoms with Crippen LogP contribution in [0.5, 0.6) is 5.75 Å². The van der Waals surface area contributed by atoms with Gasteiger partial charge in [0, 0.05) is 19.3 Å². The molecule has 0 spiro atoms. The first-order chi connectivity index (χ1) is 7.92. The fourth-order valence-corrected chi connectivity index (χ4v) is 1.27. The first kappa shape index (κ1) is 13.4. The Morgan fingerprint density at radius 3 is 2.29 bits per heavy atom. The third-order valence-electron chi connectivity index (χ3n) is 2.13. The highest BCUT2D eigenvalue weighted by Crippen LogP contribution is 2.24. The molecule has 17 heavy (non-hydrogen) atoms. The predicted molar refractivity (Wildman–Crippen MR) is 61.2 cm³/mol. The molecule has 2 nitrogen and oxygen atoms in total. The second kappa shape index (κ2) is 5.61. The molecule has 0 amide bonds. The van der Waals surface area contributed by atoms with E-state index in [4.69, 9.17) is 0 Å². The number of alkyl halides is 3. The first-order valence-corrected chi connectivity index (χ1v) is 5.10. The fourth-order valence-electron chi connectivity index (χ4n) is 1.27. The van der Waals surface area contributed by atoms with Gasteiger partial charge in [0.05, 0.1) is 0 Å². The number of nitrogens with zero attached hydrogens (tertiary/aromatic N) is 1. The molecule has 1 aromatic rings. The minimum atomic E-state index is -4.64. The van der Waals surface area contributed by atoms with Crippen LogP contribution < -0.4 is 9.64 Å². The molecule has 0 saturated heterocycles. The van der Waals surface area contributed by atoms with E-state index in [1.165, 1.54) is 12.1 Å². The van der Waals surface area contributed by atoms with Crippen molar-refractivity contribution in [3.63, 3.8) is 0 Å². The number of benzene rings is 1. The number of anilines is 1. The van der Waals surface area contributed by atoms with E-state index in [1.807, 2.05) is 31.0 Å². The molecule has 0 unspecified atom stereocenters. The second-order valence-corrected chi connectivity index (χ2v) is 3.49. The molecule has 0 aliphatic carbocycles. The quantitative estimate of drug-likeness (QED) is 0.751. The summed E-state index contributed by atoms with van der Waals surface area (Å²) in [6.45, 7) is 2.62. The van der Waals surface area contributed by atoms with Crippen LogP contribution in [0.15, 0.2) is 36.4 Å². The SMILES string of the molecule is C/C=C/CN(C)c1ccc(OC(F)(F)F)cc1. The molecule has 0 fully saturated rings. The standard InChI is InChI=1S/C12H14F3NO/c1-3-4-9-16(2)10-5-7-11(8-6-10)17-12(13,14)15/h3-8H,9H2,1-2H3/b4-3+. The summed E-state index contributed by atoms with van der Waals surface area (Å²) in [5, 5.41) is 0. The molecule has 0 radical (unpaired) electrons. The highest BCUT2D eigenvalue weighted by Gasteiger charge is 2.30. The zero-order valence-electron chi connectivity index (χ0n) is 9.66. The molecule has 0 saturated carbocycles. The molecular formula is C12H14F3NO. The summed E-state index contributed by atoms with van der Waals surface area (Å²) in [5.41, 5.74) is 0.831. The third-order valence-corrected chi connectivity index (χ3v) is 2.13. The zero-order valence-corrected chi connectivity index (χ0v) is 9.66. The first-order valence-electron chi connectivity index (χ1n) is 5.10. The lowest BCUT2D eigenvalue weighted by Gasteiger charge is -2.17. The average Bonchev–Trinajstić information content (AvgIpc) is 2.24. The van der Waals surface area contributed by atoms with E-state index in [2.05, 4.69) is 4.74 Å². The van der Waals surface area contributed by atoms with Gasteiger partial charge in [-0.1, -0.05) is 12.2 Å². The highest BCUT2D eigenvalue weighted by molar-refractivity contribution is 5.48. The van der Waals surface area contributed by atoms with E-state index in [-0.39, 0.29) is 5.75 Å². The van der Waals surface area contributed by atoms with Crippen molar-refractivity contribution in [2.45, 2.75) is 13.3 Å². The summed E-state index contributed by atoms with van der Waals surface area (Å²) in [6, 6.07) is 5.78. The maximum atomic E-state index is 11.9. The van der Waals surface area contributed by atoms with Gasteiger partial charge in [-0.2, -0.15) is 0 Å². The maximum absolute atomic E-state index is 11.9. The lowest BCUT2D eigenvalue weighted by atomic mass is 10.3. The van der Waals surface area contributed by atoms with E-state index in [1.54, 1.807) is 12.1 Å². The van der Waals surface area contributed by atoms with E-state index < -0.39 is 6.36 Å². The van der Waals surface area contributed by atoms with Crippen LogP contribution in [-0.4, -0.2) is 20.0 Å². The number of hydrogen-bond acceptors (Lipinski definition) is 2. The molecule has 0 N–H and O–H groups in total. The van der Waals surface area contributed by atoms with E-state index in [0.717, 1.165) is 5.69 Å². The lowest BCUT2D eigenvalue weighted by Crippen LogP contribution is -2.18. The Labute approximate surface area is 98.3 Å². The van der Waals surface area contributed by atoms with Gasteiger partial charge in [0.2, 0.25) is 0 Å². The van der Waals surface area contributed by atoms with Crippen molar-refractivity contribution in [3.05, 3.63) is 36.4 Å². The Kier molecular flexibility index (Phi) is 4.43. The van der Waals surface area contributed by atoms with Crippen LogP contribution in [0.4, 0.5) is 18.9 Å². The van der Waals surface area contributed by atoms with Gasteiger partial charge in [-0.3, -0.25) is 0 Å². The molecule has 1 aromatic carbocycles. The van der Waals surface area contributed by atoms with Gasteiger partial charge in [-0.15, -0.1) is 13.2 Å². The largest absolute Gasteiger partial charge is 0.573 e. The van der Waals surface area contributed by atoms with E-state index >= 15 is 0 Å². The Hall–Kier alpha value is -1.65. The fraction of sp³-hybridized carbons (Fsp3) is 0.333. The molecule has 0 aromatic heterocycles. The summed E-state index contributed by atoms with van der Waals surface area (Å²) in [7, 11) is 1.86. The summed E-state index contributed by atoms with van der Waals surface area (Å²) >= 11 is 0. The van der Waals surface area contributed by atoms with Crippen LogP contribution in [0.1, 0.15) is 6.92 Å². The summed E-state index contributed by atoms with van der Waals surface area (Å²) < 4.78 is 39.6. The third kappa shape index (κ3) is 4.80. The molecule has 0 aliphatic heterocycles. The number of halogens is 3. The Bertz CT molecular complexity index is 370. The maximum Gasteiger partial charge on any atom is 0.573 e. The van der Waals surface area contributed by atoms with Crippen molar-refractivity contribution in [2.24, 2.45) is 0 Å². The Morgan fingerprint density at radius 2 is 1.82 bits per heavy atom.